The number of anilines is 2. The van der Waals surface area contributed by atoms with Gasteiger partial charge in [0.25, 0.3) is 0 Å². The van der Waals surface area contributed by atoms with E-state index in [-0.39, 0.29) is 11.9 Å². The predicted octanol–water partition coefficient (Wildman–Crippen LogP) is 4.58. The summed E-state index contributed by atoms with van der Waals surface area (Å²) in [7, 11) is 3.54. The van der Waals surface area contributed by atoms with E-state index in [0.717, 1.165) is 33.8 Å². The van der Waals surface area contributed by atoms with Gasteiger partial charge in [-0.3, -0.25) is 4.68 Å². The molecular weight excluding hydrogens is 409 g/mol. The first-order chi connectivity index (χ1) is 15.3. The lowest BCUT2D eigenvalue weighted by molar-refractivity contribution is 0.118. The molecule has 0 spiro atoms. The van der Waals surface area contributed by atoms with Gasteiger partial charge in [-0.25, -0.2) is 19.0 Å². The third-order valence-electron chi connectivity index (χ3n) is 5.63. The van der Waals surface area contributed by atoms with Gasteiger partial charge in [-0.15, -0.1) is 0 Å². The molecule has 9 heteroatoms. The highest BCUT2D eigenvalue weighted by Gasteiger charge is 2.19. The first-order valence-corrected chi connectivity index (χ1v) is 10.3. The van der Waals surface area contributed by atoms with Gasteiger partial charge in [0.05, 0.1) is 17.5 Å². The van der Waals surface area contributed by atoms with E-state index in [2.05, 4.69) is 25.5 Å². The van der Waals surface area contributed by atoms with Crippen LogP contribution in [0.5, 0.6) is 0 Å². The van der Waals surface area contributed by atoms with Crippen molar-refractivity contribution in [2.75, 3.05) is 12.4 Å². The Bertz CT molecular complexity index is 1260. The van der Waals surface area contributed by atoms with Crippen molar-refractivity contribution in [3.05, 3.63) is 65.0 Å². The largest absolute Gasteiger partial charge is 0.377 e. The molecule has 0 saturated heterocycles. The van der Waals surface area contributed by atoms with E-state index in [9.17, 15) is 4.39 Å². The van der Waals surface area contributed by atoms with E-state index in [1.54, 1.807) is 28.6 Å². The van der Waals surface area contributed by atoms with Gasteiger partial charge < -0.3 is 10.1 Å². The number of nitrogens with one attached hydrogen (secondary N) is 1. The fourth-order valence-electron chi connectivity index (χ4n) is 4.00. The smallest absolute Gasteiger partial charge is 0.159 e. The zero-order chi connectivity index (χ0) is 23.0. The van der Waals surface area contributed by atoms with E-state index >= 15 is 0 Å². The maximum Gasteiger partial charge on any atom is 0.159 e. The molecule has 32 heavy (non-hydrogen) atoms. The summed E-state index contributed by atoms with van der Waals surface area (Å²) in [5.74, 6) is 1.63. The SMILES string of the molecule is COC(C)c1c(C)nn(-c2cc(Nc3nn(C)c(-c4ccc(F)cc4)c3C)ncn2)c1C. The highest BCUT2D eigenvalue weighted by Crippen LogP contribution is 2.30. The van der Waals surface area contributed by atoms with Crippen LogP contribution in [0.2, 0.25) is 0 Å². The van der Waals surface area contributed by atoms with Crippen molar-refractivity contribution in [2.45, 2.75) is 33.8 Å². The van der Waals surface area contributed by atoms with Crippen LogP contribution < -0.4 is 5.32 Å². The molecule has 1 atom stereocenters. The van der Waals surface area contributed by atoms with Gasteiger partial charge >= 0.3 is 0 Å². The molecule has 0 aliphatic rings. The number of aromatic nitrogens is 6. The highest BCUT2D eigenvalue weighted by molar-refractivity contribution is 5.71. The summed E-state index contributed by atoms with van der Waals surface area (Å²) in [6.07, 6.45) is 1.43. The molecule has 0 bridgehead atoms. The van der Waals surface area contributed by atoms with Crippen molar-refractivity contribution in [1.29, 1.82) is 0 Å². The first-order valence-electron chi connectivity index (χ1n) is 10.3. The van der Waals surface area contributed by atoms with Gasteiger partial charge in [-0.2, -0.15) is 10.2 Å². The summed E-state index contributed by atoms with van der Waals surface area (Å²) in [4.78, 5) is 8.75. The molecule has 1 N–H and O–H groups in total. The second-order valence-corrected chi connectivity index (χ2v) is 7.71. The zero-order valence-electron chi connectivity index (χ0n) is 19.0. The maximum atomic E-state index is 13.3. The third kappa shape index (κ3) is 3.87. The lowest BCUT2D eigenvalue weighted by Gasteiger charge is -2.11. The average molecular weight is 436 g/mol. The molecule has 3 aromatic heterocycles. The Morgan fingerprint density at radius 1 is 1.06 bits per heavy atom. The Kier molecular flexibility index (Phi) is 5.75. The summed E-state index contributed by atoms with van der Waals surface area (Å²) in [5.41, 5.74) is 5.63. The van der Waals surface area contributed by atoms with Gasteiger partial charge in [-0.05, 0) is 52.0 Å². The molecular formula is C23H26FN7O. The number of methoxy groups -OCH3 is 1. The minimum Gasteiger partial charge on any atom is -0.377 e. The molecule has 0 aliphatic carbocycles. The van der Waals surface area contributed by atoms with Crippen LogP contribution in [0.4, 0.5) is 16.0 Å². The summed E-state index contributed by atoms with van der Waals surface area (Å²) in [6, 6.07) is 8.20. The molecule has 1 unspecified atom stereocenters. The molecule has 0 saturated carbocycles. The highest BCUT2D eigenvalue weighted by atomic mass is 19.1. The van der Waals surface area contributed by atoms with Crippen molar-refractivity contribution in [3.63, 3.8) is 0 Å². The van der Waals surface area contributed by atoms with Crippen LogP contribution in [0.1, 0.15) is 35.5 Å². The molecule has 8 nitrogen and oxygen atoms in total. The average Bonchev–Trinajstić information content (AvgIpc) is 3.23. The molecule has 1 aromatic carbocycles. The van der Waals surface area contributed by atoms with E-state index in [1.165, 1.54) is 18.5 Å². The fraction of sp³-hybridized carbons (Fsp3) is 0.304. The molecule has 0 radical (unpaired) electrons. The van der Waals surface area contributed by atoms with Gasteiger partial charge in [0, 0.05) is 42.6 Å². The van der Waals surface area contributed by atoms with E-state index in [4.69, 9.17) is 4.74 Å². The third-order valence-corrected chi connectivity index (χ3v) is 5.63. The first kappa shape index (κ1) is 21.6. The predicted molar refractivity (Wildman–Crippen MR) is 121 cm³/mol. The molecule has 4 rings (SSSR count). The monoisotopic (exact) mass is 435 g/mol. The Morgan fingerprint density at radius 3 is 2.47 bits per heavy atom. The second kappa shape index (κ2) is 8.51. The summed E-state index contributed by atoms with van der Waals surface area (Å²) >= 11 is 0. The maximum absolute atomic E-state index is 13.3. The number of benzene rings is 1. The van der Waals surface area contributed by atoms with Crippen LogP contribution in [0.15, 0.2) is 36.7 Å². The minimum atomic E-state index is -0.271. The van der Waals surface area contributed by atoms with E-state index in [1.807, 2.05) is 40.8 Å². The second-order valence-electron chi connectivity index (χ2n) is 7.71. The Hall–Kier alpha value is -3.59. The Balaban J connectivity index is 1.66. The number of nitrogens with zero attached hydrogens (tertiary/aromatic N) is 6. The van der Waals surface area contributed by atoms with Gasteiger partial charge in [0.15, 0.2) is 11.6 Å². The lowest BCUT2D eigenvalue weighted by Crippen LogP contribution is -2.06. The molecule has 166 valence electrons. The van der Waals surface area contributed by atoms with Crippen LogP contribution in [-0.2, 0) is 11.8 Å². The Labute approximate surface area is 186 Å². The molecule has 0 amide bonds. The molecule has 0 fully saturated rings. The van der Waals surface area contributed by atoms with Crippen LogP contribution in [0.25, 0.3) is 17.1 Å². The van der Waals surface area contributed by atoms with Crippen molar-refractivity contribution < 1.29 is 9.13 Å². The number of rotatable bonds is 6. The number of hydrogen-bond acceptors (Lipinski definition) is 6. The fourth-order valence-corrected chi connectivity index (χ4v) is 4.00. The van der Waals surface area contributed by atoms with E-state index < -0.39 is 0 Å². The zero-order valence-corrected chi connectivity index (χ0v) is 19.0. The van der Waals surface area contributed by atoms with Crippen molar-refractivity contribution in [3.8, 4) is 17.1 Å². The normalized spacial score (nSPS) is 12.2. The number of halogens is 1. The Morgan fingerprint density at radius 2 is 1.78 bits per heavy atom. The van der Waals surface area contributed by atoms with Gasteiger partial charge in [-0.1, -0.05) is 0 Å². The summed E-state index contributed by atoms with van der Waals surface area (Å²) < 4.78 is 22.4. The summed E-state index contributed by atoms with van der Waals surface area (Å²) in [6.45, 7) is 7.92. The topological polar surface area (TPSA) is 82.7 Å². The number of aryl methyl sites for hydroxylation is 2. The van der Waals surface area contributed by atoms with Crippen molar-refractivity contribution >= 4 is 11.6 Å². The lowest BCUT2D eigenvalue weighted by atomic mass is 10.1. The van der Waals surface area contributed by atoms with E-state index in [0.29, 0.717) is 17.5 Å². The molecule has 4 aromatic rings. The van der Waals surface area contributed by atoms with Crippen molar-refractivity contribution in [2.24, 2.45) is 7.05 Å². The van der Waals surface area contributed by atoms with Crippen LogP contribution in [0, 0.1) is 26.6 Å². The summed E-state index contributed by atoms with van der Waals surface area (Å²) in [5, 5.41) is 12.5. The minimum absolute atomic E-state index is 0.0655. The molecule has 0 aliphatic heterocycles. The number of hydrogen-bond donors (Lipinski definition) is 1. The number of ether oxygens (including phenoxy) is 1. The van der Waals surface area contributed by atoms with Gasteiger partial charge in [0.1, 0.15) is 18.0 Å². The van der Waals surface area contributed by atoms with Crippen LogP contribution in [-0.4, -0.2) is 36.6 Å². The molecule has 3 heterocycles. The standard InChI is InChI=1S/C23H26FN7O/c1-13-22(17-7-9-18(24)10-8-17)30(5)29-23(13)27-19-11-20(26-12-25-19)31-15(3)21(14(2)28-31)16(4)32-6/h7-12,16H,1-6H3,(H,25,26,27,29). The van der Waals surface area contributed by atoms with Crippen LogP contribution >= 0.6 is 0 Å². The van der Waals surface area contributed by atoms with Crippen LogP contribution in [0.3, 0.4) is 0 Å². The van der Waals surface area contributed by atoms with Gasteiger partial charge in [0.2, 0.25) is 0 Å². The quantitative estimate of drug-likeness (QED) is 0.477. The van der Waals surface area contributed by atoms with Crippen molar-refractivity contribution in [1.82, 2.24) is 29.5 Å².